The van der Waals surface area contributed by atoms with Gasteiger partial charge in [-0.3, -0.25) is 9.59 Å². The van der Waals surface area contributed by atoms with Crippen LogP contribution in [-0.2, 0) is 16.0 Å². The van der Waals surface area contributed by atoms with Crippen molar-refractivity contribution in [3.05, 3.63) is 101 Å². The summed E-state index contributed by atoms with van der Waals surface area (Å²) in [5.41, 5.74) is 3.71. The van der Waals surface area contributed by atoms with Crippen LogP contribution in [0.5, 0.6) is 5.75 Å². The van der Waals surface area contributed by atoms with Crippen LogP contribution in [0.2, 0.25) is 0 Å². The van der Waals surface area contributed by atoms with E-state index >= 15 is 0 Å². The number of amides is 2. The van der Waals surface area contributed by atoms with Crippen LogP contribution >= 0.6 is 0 Å². The number of benzene rings is 3. The standard InChI is InChI=1S/C30H28N2O4/c1-36-25-9-5-8-23(16-25)11-10-21-12-14-24(15-13-21)30-26-18-31(19-29(35)32(26)27(30)20-33)28(34)17-22-6-3-2-4-7-22/h2-9,12-16,26-27,30,33H,17-20H2,1H3/t26-,27-,30+/m0/s1. The van der Waals surface area contributed by atoms with Gasteiger partial charge in [0.15, 0.2) is 0 Å². The fraction of sp³-hybridized carbons (Fsp3) is 0.267. The highest BCUT2D eigenvalue weighted by Gasteiger charge is 2.54. The summed E-state index contributed by atoms with van der Waals surface area (Å²) in [4.78, 5) is 29.2. The lowest BCUT2D eigenvalue weighted by Gasteiger charge is -2.58. The summed E-state index contributed by atoms with van der Waals surface area (Å²) >= 11 is 0. The zero-order chi connectivity index (χ0) is 25.1. The predicted octanol–water partition coefficient (Wildman–Crippen LogP) is 2.84. The molecule has 2 saturated heterocycles. The van der Waals surface area contributed by atoms with Gasteiger partial charge in [0, 0.05) is 23.6 Å². The number of aliphatic hydroxyl groups is 1. The zero-order valence-electron chi connectivity index (χ0n) is 20.1. The quantitative estimate of drug-likeness (QED) is 0.571. The van der Waals surface area contributed by atoms with Gasteiger partial charge in [0.25, 0.3) is 0 Å². The van der Waals surface area contributed by atoms with Crippen LogP contribution in [0.3, 0.4) is 0 Å². The first-order valence-corrected chi connectivity index (χ1v) is 12.1. The Hall–Kier alpha value is -4.08. The SMILES string of the molecule is COc1cccc(C#Cc2ccc([C@H]3[C@H](CO)N4C(=O)CN(C(=O)Cc5ccccc5)C[C@@H]34)cc2)c1. The maximum Gasteiger partial charge on any atom is 0.242 e. The molecule has 0 bridgehead atoms. The number of hydrogen-bond acceptors (Lipinski definition) is 4. The summed E-state index contributed by atoms with van der Waals surface area (Å²) in [6.45, 7) is 0.419. The molecule has 2 fully saturated rings. The molecule has 1 N–H and O–H groups in total. The smallest absolute Gasteiger partial charge is 0.242 e. The molecule has 6 nitrogen and oxygen atoms in total. The van der Waals surface area contributed by atoms with E-state index in [1.807, 2.05) is 78.9 Å². The minimum absolute atomic E-state index is 0.0355. The van der Waals surface area contributed by atoms with Crippen molar-refractivity contribution in [2.45, 2.75) is 24.4 Å². The van der Waals surface area contributed by atoms with Crippen molar-refractivity contribution < 1.29 is 19.4 Å². The molecule has 3 aromatic carbocycles. The van der Waals surface area contributed by atoms with Crippen molar-refractivity contribution >= 4 is 11.8 Å². The summed E-state index contributed by atoms with van der Waals surface area (Å²) in [6, 6.07) is 24.7. The largest absolute Gasteiger partial charge is 0.497 e. The van der Waals surface area contributed by atoms with Crippen LogP contribution in [0.4, 0.5) is 0 Å². The van der Waals surface area contributed by atoms with Gasteiger partial charge < -0.3 is 19.6 Å². The van der Waals surface area contributed by atoms with Crippen LogP contribution in [0.25, 0.3) is 0 Å². The van der Waals surface area contributed by atoms with E-state index < -0.39 is 0 Å². The maximum atomic E-state index is 12.9. The molecule has 36 heavy (non-hydrogen) atoms. The van der Waals surface area contributed by atoms with Gasteiger partial charge in [-0.15, -0.1) is 0 Å². The van der Waals surface area contributed by atoms with E-state index in [1.165, 1.54) is 0 Å². The van der Waals surface area contributed by atoms with E-state index in [4.69, 9.17) is 4.74 Å². The van der Waals surface area contributed by atoms with Crippen molar-refractivity contribution in [2.75, 3.05) is 26.8 Å². The van der Waals surface area contributed by atoms with Gasteiger partial charge in [-0.05, 0) is 41.5 Å². The second kappa shape index (κ2) is 10.3. The Morgan fingerprint density at radius 1 is 1.00 bits per heavy atom. The van der Waals surface area contributed by atoms with Crippen molar-refractivity contribution in [1.29, 1.82) is 0 Å². The molecule has 3 aromatic rings. The molecule has 6 heteroatoms. The molecule has 0 aliphatic carbocycles. The minimum atomic E-state index is -0.275. The van der Waals surface area contributed by atoms with Crippen molar-refractivity contribution in [2.24, 2.45) is 0 Å². The van der Waals surface area contributed by atoms with E-state index in [9.17, 15) is 14.7 Å². The van der Waals surface area contributed by atoms with E-state index in [2.05, 4.69) is 11.8 Å². The molecule has 2 aliphatic rings. The molecule has 0 unspecified atom stereocenters. The van der Waals surface area contributed by atoms with Crippen LogP contribution in [0, 0.1) is 11.8 Å². The van der Waals surface area contributed by atoms with E-state index in [1.54, 1.807) is 16.9 Å². The third-order valence-corrected chi connectivity index (χ3v) is 7.02. The lowest BCUT2D eigenvalue weighted by atomic mass is 9.73. The highest BCUT2D eigenvalue weighted by atomic mass is 16.5. The average molecular weight is 481 g/mol. The molecule has 0 saturated carbocycles. The number of rotatable bonds is 5. The van der Waals surface area contributed by atoms with Gasteiger partial charge >= 0.3 is 0 Å². The summed E-state index contributed by atoms with van der Waals surface area (Å²) in [7, 11) is 1.63. The third-order valence-electron chi connectivity index (χ3n) is 7.02. The first-order chi connectivity index (χ1) is 17.6. The Morgan fingerprint density at radius 2 is 1.75 bits per heavy atom. The van der Waals surface area contributed by atoms with Gasteiger partial charge in [-0.25, -0.2) is 0 Å². The second-order valence-electron chi connectivity index (χ2n) is 9.18. The number of ether oxygens (including phenoxy) is 1. The average Bonchev–Trinajstić information content (AvgIpc) is 2.90. The van der Waals surface area contributed by atoms with Gasteiger partial charge in [0.2, 0.25) is 11.8 Å². The van der Waals surface area contributed by atoms with Gasteiger partial charge in [-0.2, -0.15) is 0 Å². The molecule has 2 heterocycles. The lowest BCUT2D eigenvalue weighted by Crippen LogP contribution is -2.73. The molecule has 0 aromatic heterocycles. The summed E-state index contributed by atoms with van der Waals surface area (Å²) in [5.74, 6) is 6.90. The third kappa shape index (κ3) is 4.71. The van der Waals surface area contributed by atoms with Crippen LogP contribution in [0.15, 0.2) is 78.9 Å². The van der Waals surface area contributed by atoms with E-state index in [0.29, 0.717) is 6.54 Å². The summed E-state index contributed by atoms with van der Waals surface area (Å²) in [6.07, 6.45) is 0.273. The van der Waals surface area contributed by atoms with E-state index in [-0.39, 0.29) is 49.4 Å². The zero-order valence-corrected chi connectivity index (χ0v) is 20.1. The number of nitrogens with zero attached hydrogens (tertiary/aromatic N) is 2. The van der Waals surface area contributed by atoms with Crippen LogP contribution in [0.1, 0.15) is 28.2 Å². The van der Waals surface area contributed by atoms with Crippen LogP contribution < -0.4 is 4.74 Å². The molecule has 2 aliphatic heterocycles. The number of carbonyl (C=O) groups excluding carboxylic acids is 2. The first kappa shape index (κ1) is 23.7. The van der Waals surface area contributed by atoms with Crippen LogP contribution in [-0.4, -0.2) is 65.6 Å². The Morgan fingerprint density at radius 3 is 2.47 bits per heavy atom. The summed E-state index contributed by atoms with van der Waals surface area (Å²) < 4.78 is 5.25. The number of methoxy groups -OCH3 is 1. The molecule has 0 radical (unpaired) electrons. The fourth-order valence-corrected chi connectivity index (χ4v) is 5.21. The van der Waals surface area contributed by atoms with Gasteiger partial charge in [-0.1, -0.05) is 60.4 Å². The van der Waals surface area contributed by atoms with Gasteiger partial charge in [0.05, 0.1) is 38.8 Å². The Kier molecular flexibility index (Phi) is 6.75. The van der Waals surface area contributed by atoms with Gasteiger partial charge in [0.1, 0.15) is 5.75 Å². The Labute approximate surface area is 211 Å². The maximum absolute atomic E-state index is 12.9. The minimum Gasteiger partial charge on any atom is -0.497 e. The summed E-state index contributed by atoms with van der Waals surface area (Å²) in [5, 5.41) is 10.0. The topological polar surface area (TPSA) is 70.1 Å². The Bertz CT molecular complexity index is 1310. The highest BCUT2D eigenvalue weighted by Crippen LogP contribution is 2.43. The number of piperazine rings is 1. The number of hydrogen-bond donors (Lipinski definition) is 1. The number of aliphatic hydroxyl groups excluding tert-OH is 1. The molecular weight excluding hydrogens is 452 g/mol. The molecular formula is C30H28N2O4. The predicted molar refractivity (Wildman–Crippen MR) is 136 cm³/mol. The molecule has 2 amide bonds. The first-order valence-electron chi connectivity index (χ1n) is 12.1. The number of fused-ring (bicyclic) bond motifs is 1. The lowest BCUT2D eigenvalue weighted by molar-refractivity contribution is -0.166. The molecule has 182 valence electrons. The molecule has 0 spiro atoms. The van der Waals surface area contributed by atoms with Crippen molar-refractivity contribution in [3.63, 3.8) is 0 Å². The van der Waals surface area contributed by atoms with Crippen molar-refractivity contribution in [1.82, 2.24) is 9.80 Å². The molecule has 5 rings (SSSR count). The monoisotopic (exact) mass is 480 g/mol. The Balaban J connectivity index is 1.30. The fourth-order valence-electron chi connectivity index (χ4n) is 5.21. The normalized spacial score (nSPS) is 20.6. The number of carbonyl (C=O) groups is 2. The second-order valence-corrected chi connectivity index (χ2v) is 9.18. The van der Waals surface area contributed by atoms with E-state index in [0.717, 1.165) is 28.0 Å². The highest BCUT2D eigenvalue weighted by molar-refractivity contribution is 5.88. The molecule has 3 atom stereocenters. The van der Waals surface area contributed by atoms with Crippen molar-refractivity contribution in [3.8, 4) is 17.6 Å².